The zero-order chi connectivity index (χ0) is 20.7. The molecule has 3 aromatic rings. The predicted octanol–water partition coefficient (Wildman–Crippen LogP) is 4.99. The fourth-order valence-electron chi connectivity index (χ4n) is 4.13. The number of rotatable bonds is 4. The van der Waals surface area contributed by atoms with Crippen molar-refractivity contribution in [2.24, 2.45) is 0 Å². The summed E-state index contributed by atoms with van der Waals surface area (Å²) in [5.74, 6) is 2.13. The van der Waals surface area contributed by atoms with Crippen LogP contribution >= 0.6 is 11.6 Å². The number of likely N-dealkylation sites (tertiary alicyclic amines) is 1. The van der Waals surface area contributed by atoms with Crippen molar-refractivity contribution in [1.29, 1.82) is 0 Å². The van der Waals surface area contributed by atoms with E-state index in [2.05, 4.69) is 10.1 Å². The molecule has 2 aliphatic rings. The highest BCUT2D eigenvalue weighted by Crippen LogP contribution is 2.40. The first-order valence-corrected chi connectivity index (χ1v) is 10.8. The summed E-state index contributed by atoms with van der Waals surface area (Å²) in [6.45, 7) is 3.22. The number of aromatic nitrogens is 3. The van der Waals surface area contributed by atoms with Crippen LogP contribution in [-0.4, -0.2) is 39.0 Å². The summed E-state index contributed by atoms with van der Waals surface area (Å²) < 4.78 is 5.53. The molecule has 30 heavy (non-hydrogen) atoms. The Hall–Kier alpha value is -2.73. The largest absolute Gasteiger partial charge is 0.356 e. The van der Waals surface area contributed by atoms with Gasteiger partial charge >= 0.3 is 0 Å². The highest BCUT2D eigenvalue weighted by Gasteiger charge is 2.32. The Morgan fingerprint density at radius 3 is 2.77 bits per heavy atom. The second-order valence-corrected chi connectivity index (χ2v) is 8.61. The topological polar surface area (TPSA) is 72.1 Å². The molecule has 1 saturated carbocycles. The van der Waals surface area contributed by atoms with E-state index in [0.717, 1.165) is 55.0 Å². The van der Waals surface area contributed by atoms with E-state index in [1.807, 2.05) is 36.2 Å². The summed E-state index contributed by atoms with van der Waals surface area (Å²) in [4.78, 5) is 24.6. The van der Waals surface area contributed by atoms with Crippen LogP contribution in [0.15, 0.2) is 41.1 Å². The highest BCUT2D eigenvalue weighted by molar-refractivity contribution is 6.33. The van der Waals surface area contributed by atoms with Gasteiger partial charge in [0.25, 0.3) is 5.91 Å². The molecule has 0 radical (unpaired) electrons. The maximum Gasteiger partial charge on any atom is 0.255 e. The SMILES string of the molecule is Cc1cc(-c2cnc(C3CC3)nc2C2CCCN(C(=O)c3ccccc3Cl)C2)on1. The molecule has 2 aromatic heterocycles. The quantitative estimate of drug-likeness (QED) is 0.592. The molecule has 1 atom stereocenters. The number of aryl methyl sites for hydroxylation is 1. The molecule has 5 rings (SSSR count). The average molecular weight is 423 g/mol. The van der Waals surface area contributed by atoms with Crippen LogP contribution in [0.4, 0.5) is 0 Å². The van der Waals surface area contributed by atoms with Gasteiger partial charge in [-0.15, -0.1) is 0 Å². The standard InChI is InChI=1S/C23H23ClN4O2/c1-14-11-20(30-27-14)18-12-25-22(15-8-9-15)26-21(18)16-5-4-10-28(13-16)23(29)17-6-2-3-7-19(17)24/h2-3,6-7,11-12,15-16H,4-5,8-10,13H2,1H3. The smallest absolute Gasteiger partial charge is 0.255 e. The average Bonchev–Trinajstić information content (AvgIpc) is 3.54. The van der Waals surface area contributed by atoms with Crippen LogP contribution in [0.1, 0.15) is 65.1 Å². The van der Waals surface area contributed by atoms with Crippen LogP contribution in [-0.2, 0) is 0 Å². The van der Waals surface area contributed by atoms with Gasteiger partial charge in [0, 0.05) is 37.2 Å². The molecule has 1 amide bonds. The fraction of sp³-hybridized carbons (Fsp3) is 0.391. The third kappa shape index (κ3) is 3.72. The van der Waals surface area contributed by atoms with Crippen molar-refractivity contribution >= 4 is 17.5 Å². The molecular formula is C23H23ClN4O2. The Kier molecular flexibility index (Phi) is 5.03. The van der Waals surface area contributed by atoms with Gasteiger partial charge in [-0.3, -0.25) is 4.79 Å². The monoisotopic (exact) mass is 422 g/mol. The number of benzene rings is 1. The van der Waals surface area contributed by atoms with E-state index in [1.165, 1.54) is 0 Å². The number of hydrogen-bond donors (Lipinski definition) is 0. The fourth-order valence-corrected chi connectivity index (χ4v) is 4.35. The minimum Gasteiger partial charge on any atom is -0.356 e. The normalized spacial score (nSPS) is 19.1. The Balaban J connectivity index is 1.47. The Bertz CT molecular complexity index is 1090. The third-order valence-corrected chi connectivity index (χ3v) is 6.20. The summed E-state index contributed by atoms with van der Waals surface area (Å²) in [5.41, 5.74) is 3.20. The van der Waals surface area contributed by atoms with Gasteiger partial charge in [0.05, 0.1) is 27.5 Å². The lowest BCUT2D eigenvalue weighted by Crippen LogP contribution is -2.39. The molecule has 154 valence electrons. The van der Waals surface area contributed by atoms with Crippen LogP contribution < -0.4 is 0 Å². The molecule has 7 heteroatoms. The molecule has 1 aromatic carbocycles. The Morgan fingerprint density at radius 2 is 2.03 bits per heavy atom. The van der Waals surface area contributed by atoms with Gasteiger partial charge in [0.1, 0.15) is 5.82 Å². The second-order valence-electron chi connectivity index (χ2n) is 8.20. The van der Waals surface area contributed by atoms with Crippen LogP contribution in [0.3, 0.4) is 0 Å². The van der Waals surface area contributed by atoms with Crippen LogP contribution in [0, 0.1) is 6.92 Å². The first-order valence-electron chi connectivity index (χ1n) is 10.4. The lowest BCUT2D eigenvalue weighted by molar-refractivity contribution is 0.0706. The highest BCUT2D eigenvalue weighted by atomic mass is 35.5. The number of amides is 1. The predicted molar refractivity (Wildman–Crippen MR) is 114 cm³/mol. The number of halogens is 1. The van der Waals surface area contributed by atoms with Gasteiger partial charge in [0.15, 0.2) is 5.76 Å². The summed E-state index contributed by atoms with van der Waals surface area (Å²) in [6, 6.07) is 9.13. The van der Waals surface area contributed by atoms with Gasteiger partial charge < -0.3 is 9.42 Å². The van der Waals surface area contributed by atoms with E-state index < -0.39 is 0 Å². The number of hydrogen-bond acceptors (Lipinski definition) is 5. The summed E-state index contributed by atoms with van der Waals surface area (Å²) >= 11 is 6.27. The van der Waals surface area contributed by atoms with E-state index in [1.54, 1.807) is 12.1 Å². The second kappa shape index (κ2) is 7.84. The van der Waals surface area contributed by atoms with Crippen molar-refractivity contribution in [3.05, 3.63) is 64.3 Å². The first kappa shape index (κ1) is 19.2. The molecular weight excluding hydrogens is 400 g/mol. The lowest BCUT2D eigenvalue weighted by Gasteiger charge is -2.33. The molecule has 1 aliphatic carbocycles. The minimum atomic E-state index is -0.0289. The molecule has 1 saturated heterocycles. The zero-order valence-corrected chi connectivity index (χ0v) is 17.6. The van der Waals surface area contributed by atoms with E-state index >= 15 is 0 Å². The van der Waals surface area contributed by atoms with Gasteiger partial charge in [-0.25, -0.2) is 9.97 Å². The number of piperidine rings is 1. The van der Waals surface area contributed by atoms with Gasteiger partial charge in [-0.1, -0.05) is 28.9 Å². The first-order chi connectivity index (χ1) is 14.6. The maximum absolute atomic E-state index is 13.1. The van der Waals surface area contributed by atoms with Crippen LogP contribution in [0.5, 0.6) is 0 Å². The van der Waals surface area contributed by atoms with Gasteiger partial charge in [-0.2, -0.15) is 0 Å². The van der Waals surface area contributed by atoms with Crippen molar-refractivity contribution in [2.75, 3.05) is 13.1 Å². The zero-order valence-electron chi connectivity index (χ0n) is 16.8. The summed E-state index contributed by atoms with van der Waals surface area (Å²) in [7, 11) is 0. The number of carbonyl (C=O) groups is 1. The summed E-state index contributed by atoms with van der Waals surface area (Å²) in [6.07, 6.45) is 6.03. The van der Waals surface area contributed by atoms with E-state index in [0.29, 0.717) is 28.8 Å². The summed E-state index contributed by atoms with van der Waals surface area (Å²) in [5, 5.41) is 4.52. The van der Waals surface area contributed by atoms with E-state index in [4.69, 9.17) is 21.1 Å². The molecule has 1 aliphatic heterocycles. The van der Waals surface area contributed by atoms with Crippen molar-refractivity contribution in [3.63, 3.8) is 0 Å². The minimum absolute atomic E-state index is 0.0289. The van der Waals surface area contributed by atoms with Crippen molar-refractivity contribution in [2.45, 2.75) is 44.4 Å². The molecule has 3 heterocycles. The van der Waals surface area contributed by atoms with Crippen molar-refractivity contribution in [1.82, 2.24) is 20.0 Å². The van der Waals surface area contributed by atoms with Gasteiger partial charge in [0.2, 0.25) is 0 Å². The van der Waals surface area contributed by atoms with E-state index in [9.17, 15) is 4.79 Å². The van der Waals surface area contributed by atoms with Gasteiger partial charge in [-0.05, 0) is 44.7 Å². The lowest BCUT2D eigenvalue weighted by atomic mass is 9.90. The third-order valence-electron chi connectivity index (χ3n) is 5.87. The van der Waals surface area contributed by atoms with Crippen molar-refractivity contribution < 1.29 is 9.32 Å². The van der Waals surface area contributed by atoms with Crippen molar-refractivity contribution in [3.8, 4) is 11.3 Å². The van der Waals surface area contributed by atoms with E-state index in [-0.39, 0.29) is 11.8 Å². The molecule has 1 unspecified atom stereocenters. The molecule has 0 spiro atoms. The molecule has 6 nitrogen and oxygen atoms in total. The number of carbonyl (C=O) groups excluding carboxylic acids is 1. The number of nitrogens with zero attached hydrogens (tertiary/aromatic N) is 4. The molecule has 0 bridgehead atoms. The molecule has 0 N–H and O–H groups in total. The van der Waals surface area contributed by atoms with Crippen LogP contribution in [0.2, 0.25) is 5.02 Å². The Morgan fingerprint density at radius 1 is 1.20 bits per heavy atom. The Labute approximate surface area is 180 Å². The van der Waals surface area contributed by atoms with Crippen LogP contribution in [0.25, 0.3) is 11.3 Å². The molecule has 2 fully saturated rings. The maximum atomic E-state index is 13.1.